The van der Waals surface area contributed by atoms with Gasteiger partial charge in [0.05, 0.1) is 6.07 Å². The number of hydrogen-bond donors (Lipinski definition) is 0. The van der Waals surface area contributed by atoms with Crippen molar-refractivity contribution >= 4 is 0 Å². The summed E-state index contributed by atoms with van der Waals surface area (Å²) in [4.78, 5) is 0. The highest BCUT2D eigenvalue weighted by Gasteiger charge is 2.58. The largest absolute Gasteiger partial charge is 0.345 e. The Morgan fingerprint density at radius 3 is 2.53 bits per heavy atom. The summed E-state index contributed by atoms with van der Waals surface area (Å²) in [6, 6.07) is 12.3. The molecule has 2 atom stereocenters. The van der Waals surface area contributed by atoms with Crippen molar-refractivity contribution in [2.75, 3.05) is 0 Å². The minimum atomic E-state index is -0.329. The van der Waals surface area contributed by atoms with Crippen LogP contribution in [0.25, 0.3) is 0 Å². The molecule has 1 aromatic carbocycles. The van der Waals surface area contributed by atoms with Crippen molar-refractivity contribution in [1.82, 2.24) is 0 Å². The first kappa shape index (κ1) is 10.2. The molecule has 0 bridgehead atoms. The molecule has 1 fully saturated rings. The molecule has 1 aliphatic heterocycles. The summed E-state index contributed by atoms with van der Waals surface area (Å²) >= 11 is 0. The first-order valence-electron chi connectivity index (χ1n) is 5.32. The van der Waals surface area contributed by atoms with E-state index in [9.17, 15) is 0 Å². The maximum atomic E-state index is 8.94. The number of hydrogen-bond acceptors (Lipinski definition) is 2. The van der Waals surface area contributed by atoms with Gasteiger partial charge in [0.25, 0.3) is 0 Å². The quantitative estimate of drug-likeness (QED) is 0.705. The summed E-state index contributed by atoms with van der Waals surface area (Å²) in [6.45, 7) is 4.31. The zero-order valence-electron chi connectivity index (χ0n) is 9.10. The van der Waals surface area contributed by atoms with Crippen molar-refractivity contribution < 1.29 is 4.74 Å². The Hall–Kier alpha value is -1.33. The Morgan fingerprint density at radius 2 is 2.07 bits per heavy atom. The van der Waals surface area contributed by atoms with Gasteiger partial charge in [-0.2, -0.15) is 5.26 Å². The summed E-state index contributed by atoms with van der Waals surface area (Å²) in [5.41, 5.74) is 0.801. The molecule has 2 nitrogen and oxygen atoms in total. The number of benzene rings is 1. The molecular weight excluding hydrogens is 186 g/mol. The van der Waals surface area contributed by atoms with Crippen LogP contribution in [0.2, 0.25) is 0 Å². The number of epoxide rings is 1. The van der Waals surface area contributed by atoms with Gasteiger partial charge in [0.2, 0.25) is 0 Å². The Labute approximate surface area is 90.5 Å². The highest BCUT2D eigenvalue weighted by atomic mass is 16.6. The minimum Gasteiger partial charge on any atom is -0.345 e. The molecule has 0 saturated carbocycles. The number of nitriles is 1. The molecule has 1 saturated heterocycles. The lowest BCUT2D eigenvalue weighted by Gasteiger charge is -2.14. The van der Waals surface area contributed by atoms with Crippen LogP contribution in [0.5, 0.6) is 0 Å². The van der Waals surface area contributed by atoms with Crippen LogP contribution in [0.15, 0.2) is 30.3 Å². The van der Waals surface area contributed by atoms with Crippen LogP contribution < -0.4 is 0 Å². The molecule has 15 heavy (non-hydrogen) atoms. The monoisotopic (exact) mass is 201 g/mol. The van der Waals surface area contributed by atoms with Crippen LogP contribution in [0.1, 0.15) is 25.8 Å². The van der Waals surface area contributed by atoms with Crippen LogP contribution in [-0.4, -0.2) is 6.10 Å². The van der Waals surface area contributed by atoms with Gasteiger partial charge in [-0.1, -0.05) is 44.2 Å². The predicted octanol–water partition coefficient (Wildman–Crippen LogP) is 2.85. The third-order valence-corrected chi connectivity index (χ3v) is 2.79. The maximum Gasteiger partial charge on any atom is 0.178 e. The molecule has 0 spiro atoms. The summed E-state index contributed by atoms with van der Waals surface area (Å²) in [5, 5.41) is 8.94. The average molecular weight is 201 g/mol. The minimum absolute atomic E-state index is 0.262. The van der Waals surface area contributed by atoms with E-state index >= 15 is 0 Å². The number of ether oxygens (including phenoxy) is 1. The van der Waals surface area contributed by atoms with Crippen molar-refractivity contribution in [2.24, 2.45) is 5.92 Å². The van der Waals surface area contributed by atoms with Gasteiger partial charge >= 0.3 is 0 Å². The van der Waals surface area contributed by atoms with E-state index in [2.05, 4.69) is 19.9 Å². The Morgan fingerprint density at radius 1 is 1.40 bits per heavy atom. The van der Waals surface area contributed by atoms with Crippen LogP contribution in [-0.2, 0) is 10.3 Å². The molecule has 0 aliphatic carbocycles. The molecule has 2 rings (SSSR count). The number of rotatable bonds is 3. The van der Waals surface area contributed by atoms with Crippen LogP contribution in [0.4, 0.5) is 0 Å². The first-order valence-corrected chi connectivity index (χ1v) is 5.32. The lowest BCUT2D eigenvalue weighted by atomic mass is 9.87. The van der Waals surface area contributed by atoms with E-state index in [0.717, 1.165) is 12.0 Å². The normalized spacial score (nSPS) is 28.8. The van der Waals surface area contributed by atoms with E-state index in [1.807, 2.05) is 30.3 Å². The van der Waals surface area contributed by atoms with Gasteiger partial charge in [-0.3, -0.25) is 0 Å². The topological polar surface area (TPSA) is 36.3 Å². The van der Waals surface area contributed by atoms with E-state index < -0.39 is 0 Å². The van der Waals surface area contributed by atoms with E-state index in [4.69, 9.17) is 10.00 Å². The Kier molecular flexibility index (Phi) is 2.50. The highest BCUT2D eigenvalue weighted by molar-refractivity contribution is 5.32. The summed E-state index contributed by atoms with van der Waals surface area (Å²) in [7, 11) is 0. The Bertz CT molecular complexity index is 379. The molecule has 1 aliphatic rings. The van der Waals surface area contributed by atoms with E-state index in [1.54, 1.807) is 0 Å². The van der Waals surface area contributed by atoms with Crippen molar-refractivity contribution in [1.29, 1.82) is 5.26 Å². The zero-order valence-corrected chi connectivity index (χ0v) is 9.10. The third-order valence-electron chi connectivity index (χ3n) is 2.79. The zero-order chi connectivity index (χ0) is 10.9. The summed E-state index contributed by atoms with van der Waals surface area (Å²) in [5.74, 6) is 0.531. The lowest BCUT2D eigenvalue weighted by molar-refractivity contribution is 0.264. The third kappa shape index (κ3) is 1.75. The fourth-order valence-corrected chi connectivity index (χ4v) is 2.13. The molecule has 2 unspecified atom stereocenters. The fourth-order valence-electron chi connectivity index (χ4n) is 2.13. The smallest absolute Gasteiger partial charge is 0.178 e. The SMILES string of the molecule is CC(C)CC1(c2ccccc2)OC1C#N. The van der Waals surface area contributed by atoms with E-state index in [0.29, 0.717) is 5.92 Å². The standard InChI is InChI=1S/C13H15NO/c1-10(2)8-13(12(9-14)15-13)11-6-4-3-5-7-11/h3-7,10,12H,8H2,1-2H3. The molecule has 1 heterocycles. The predicted molar refractivity (Wildman–Crippen MR) is 58.1 cm³/mol. The van der Waals surface area contributed by atoms with Gasteiger partial charge in [-0.15, -0.1) is 0 Å². The van der Waals surface area contributed by atoms with Crippen molar-refractivity contribution in [3.05, 3.63) is 35.9 Å². The van der Waals surface area contributed by atoms with Gasteiger partial charge < -0.3 is 4.74 Å². The molecule has 1 aromatic rings. The van der Waals surface area contributed by atoms with Crippen LogP contribution in [0.3, 0.4) is 0 Å². The molecular formula is C13H15NO. The fraction of sp³-hybridized carbons (Fsp3) is 0.462. The molecule has 2 heteroatoms. The van der Waals surface area contributed by atoms with Crippen LogP contribution >= 0.6 is 0 Å². The molecule has 0 radical (unpaired) electrons. The van der Waals surface area contributed by atoms with Crippen LogP contribution in [0, 0.1) is 17.2 Å². The Balaban J connectivity index is 2.27. The van der Waals surface area contributed by atoms with Crippen molar-refractivity contribution in [3.8, 4) is 6.07 Å². The summed E-state index contributed by atoms with van der Waals surface area (Å²) in [6.07, 6.45) is 0.650. The second-order valence-corrected chi connectivity index (χ2v) is 4.48. The van der Waals surface area contributed by atoms with Crippen molar-refractivity contribution in [2.45, 2.75) is 32.0 Å². The second-order valence-electron chi connectivity index (χ2n) is 4.48. The number of nitrogens with zero attached hydrogens (tertiary/aromatic N) is 1. The maximum absolute atomic E-state index is 8.94. The van der Waals surface area contributed by atoms with Gasteiger partial charge in [0.15, 0.2) is 6.10 Å². The molecule has 0 N–H and O–H groups in total. The van der Waals surface area contributed by atoms with E-state index in [1.165, 1.54) is 0 Å². The second kappa shape index (κ2) is 3.67. The summed E-state index contributed by atoms with van der Waals surface area (Å²) < 4.78 is 5.59. The van der Waals surface area contributed by atoms with Gasteiger partial charge in [0.1, 0.15) is 5.60 Å². The average Bonchev–Trinajstić information content (AvgIpc) is 2.93. The van der Waals surface area contributed by atoms with Gasteiger partial charge in [-0.25, -0.2) is 0 Å². The first-order chi connectivity index (χ1) is 7.19. The molecule has 0 amide bonds. The van der Waals surface area contributed by atoms with Gasteiger partial charge in [-0.05, 0) is 17.9 Å². The highest BCUT2D eigenvalue weighted by Crippen LogP contribution is 2.50. The van der Waals surface area contributed by atoms with Crippen molar-refractivity contribution in [3.63, 3.8) is 0 Å². The van der Waals surface area contributed by atoms with Gasteiger partial charge in [0, 0.05) is 0 Å². The molecule has 0 aromatic heterocycles. The lowest BCUT2D eigenvalue weighted by Crippen LogP contribution is -2.15. The molecule has 78 valence electrons. The van der Waals surface area contributed by atoms with E-state index in [-0.39, 0.29) is 11.7 Å².